The predicted octanol–water partition coefficient (Wildman–Crippen LogP) is 0.625. The van der Waals surface area contributed by atoms with Gasteiger partial charge in [-0.3, -0.25) is 0 Å². The average Bonchev–Trinajstić information content (AvgIpc) is 2.17. The normalized spacial score (nSPS) is 14.3. The average molecular weight is 228 g/mol. The van der Waals surface area contributed by atoms with E-state index in [1.54, 1.807) is 6.07 Å². The molecule has 15 heavy (non-hydrogen) atoms. The van der Waals surface area contributed by atoms with E-state index in [2.05, 4.69) is 4.98 Å². The van der Waals surface area contributed by atoms with Crippen molar-refractivity contribution in [3.8, 4) is 6.07 Å². The Morgan fingerprint density at radius 1 is 1.60 bits per heavy atom. The molecule has 1 rings (SSSR count). The fourth-order valence-corrected chi connectivity index (χ4v) is 1.36. The van der Waals surface area contributed by atoms with Crippen LogP contribution in [-0.4, -0.2) is 21.3 Å². The molecule has 0 bridgehead atoms. The molecule has 2 atom stereocenters. The summed E-state index contributed by atoms with van der Waals surface area (Å²) < 4.78 is 0. The Morgan fingerprint density at radius 2 is 2.27 bits per heavy atom. The highest BCUT2D eigenvalue weighted by atomic mass is 35.5. The lowest BCUT2D eigenvalue weighted by molar-refractivity contribution is 0.0215. The quantitative estimate of drug-likeness (QED) is 0.703. The van der Waals surface area contributed by atoms with E-state index in [-0.39, 0.29) is 22.8 Å². The van der Waals surface area contributed by atoms with Crippen molar-refractivity contribution in [3.63, 3.8) is 0 Å². The van der Waals surface area contributed by atoms with Crippen LogP contribution in [0.2, 0.25) is 5.02 Å². The number of hydrogen-bond donors (Lipinski definition) is 3. The molecule has 0 aliphatic heterocycles. The molecule has 4 N–H and O–H groups in total. The molecule has 0 amide bonds. The van der Waals surface area contributed by atoms with Gasteiger partial charge >= 0.3 is 0 Å². The molecule has 1 aromatic heterocycles. The van der Waals surface area contributed by atoms with Crippen LogP contribution in [0.4, 0.5) is 5.82 Å². The number of pyridine rings is 1. The molecule has 5 nitrogen and oxygen atoms in total. The third kappa shape index (κ3) is 2.80. The monoisotopic (exact) mass is 227 g/mol. The fourth-order valence-electron chi connectivity index (χ4n) is 1.09. The third-order valence-corrected chi connectivity index (χ3v) is 2.21. The molecule has 80 valence electrons. The maximum absolute atomic E-state index is 9.63. The van der Waals surface area contributed by atoms with Gasteiger partial charge in [-0.2, -0.15) is 5.26 Å². The second-order valence-electron chi connectivity index (χ2n) is 3.01. The first-order valence-corrected chi connectivity index (χ1v) is 4.58. The Bertz CT molecular complexity index is 391. The highest BCUT2D eigenvalue weighted by Gasteiger charge is 2.20. The van der Waals surface area contributed by atoms with E-state index >= 15 is 0 Å². The number of anilines is 1. The number of nitrogens with two attached hydrogens (primary N) is 1. The molecule has 0 saturated heterocycles. The fraction of sp³-hybridized carbons (Fsp3) is 0.333. The summed E-state index contributed by atoms with van der Waals surface area (Å²) in [5, 5.41) is 27.6. The lowest BCUT2D eigenvalue weighted by atomic mass is 10.0. The van der Waals surface area contributed by atoms with Gasteiger partial charge in [0.05, 0.1) is 23.6 Å². The van der Waals surface area contributed by atoms with Crippen molar-refractivity contribution in [1.29, 1.82) is 5.26 Å². The lowest BCUT2D eigenvalue weighted by Gasteiger charge is -2.16. The summed E-state index contributed by atoms with van der Waals surface area (Å²) in [6.45, 7) is 0. The van der Waals surface area contributed by atoms with Gasteiger partial charge in [0.15, 0.2) is 0 Å². The minimum Gasteiger partial charge on any atom is -0.389 e. The number of aliphatic hydroxyl groups excluding tert-OH is 2. The Balaban J connectivity index is 2.91. The van der Waals surface area contributed by atoms with Crippen LogP contribution in [0.5, 0.6) is 0 Å². The predicted molar refractivity (Wildman–Crippen MR) is 54.9 cm³/mol. The summed E-state index contributed by atoms with van der Waals surface area (Å²) in [6.07, 6.45) is -1.31. The number of aliphatic hydroxyl groups is 2. The van der Waals surface area contributed by atoms with Crippen LogP contribution in [0.3, 0.4) is 0 Å². The number of nitrogen functional groups attached to an aromatic ring is 1. The van der Waals surface area contributed by atoms with E-state index in [0.29, 0.717) is 0 Å². The molecule has 0 aromatic carbocycles. The van der Waals surface area contributed by atoms with Crippen molar-refractivity contribution in [3.05, 3.63) is 22.8 Å². The van der Waals surface area contributed by atoms with Crippen LogP contribution in [-0.2, 0) is 0 Å². The Morgan fingerprint density at radius 3 is 2.80 bits per heavy atom. The molecule has 0 fully saturated rings. The van der Waals surface area contributed by atoms with Crippen LogP contribution < -0.4 is 5.73 Å². The number of rotatable bonds is 3. The first-order valence-electron chi connectivity index (χ1n) is 4.20. The molecule has 1 heterocycles. The maximum Gasteiger partial charge on any atom is 0.124 e. The molecule has 0 aliphatic carbocycles. The second kappa shape index (κ2) is 4.94. The van der Waals surface area contributed by atoms with Crippen LogP contribution in [0.1, 0.15) is 18.1 Å². The lowest BCUT2D eigenvalue weighted by Crippen LogP contribution is -2.18. The summed E-state index contributed by atoms with van der Waals surface area (Å²) in [6, 6.07) is 3.12. The van der Waals surface area contributed by atoms with Crippen LogP contribution >= 0.6 is 11.6 Å². The van der Waals surface area contributed by atoms with Crippen molar-refractivity contribution in [2.24, 2.45) is 0 Å². The smallest absolute Gasteiger partial charge is 0.124 e. The summed E-state index contributed by atoms with van der Waals surface area (Å²) in [4.78, 5) is 3.74. The van der Waals surface area contributed by atoms with E-state index in [9.17, 15) is 10.2 Å². The van der Waals surface area contributed by atoms with Gasteiger partial charge in [-0.05, 0) is 6.07 Å². The van der Waals surface area contributed by atoms with Crippen molar-refractivity contribution in [1.82, 2.24) is 4.98 Å². The zero-order chi connectivity index (χ0) is 11.4. The Labute approximate surface area is 91.7 Å². The third-order valence-electron chi connectivity index (χ3n) is 1.89. The summed E-state index contributed by atoms with van der Waals surface area (Å²) in [5.41, 5.74) is 5.63. The molecule has 0 saturated carbocycles. The highest BCUT2D eigenvalue weighted by Crippen LogP contribution is 2.26. The van der Waals surface area contributed by atoms with E-state index in [1.165, 1.54) is 12.3 Å². The Kier molecular flexibility index (Phi) is 3.86. The van der Waals surface area contributed by atoms with E-state index < -0.39 is 12.2 Å². The van der Waals surface area contributed by atoms with E-state index in [1.807, 2.05) is 0 Å². The molecule has 6 heteroatoms. The molecule has 0 aliphatic rings. The minimum absolute atomic E-state index is 0.179. The summed E-state index contributed by atoms with van der Waals surface area (Å²) in [5.74, 6) is 0.228. The summed E-state index contributed by atoms with van der Waals surface area (Å²) >= 11 is 5.79. The van der Waals surface area contributed by atoms with Gasteiger partial charge in [0.2, 0.25) is 0 Å². The highest BCUT2D eigenvalue weighted by molar-refractivity contribution is 6.31. The molecule has 2 unspecified atom stereocenters. The van der Waals surface area contributed by atoms with Gasteiger partial charge in [0.1, 0.15) is 11.9 Å². The zero-order valence-corrected chi connectivity index (χ0v) is 8.52. The molecule has 1 aromatic rings. The van der Waals surface area contributed by atoms with E-state index in [0.717, 1.165) is 0 Å². The van der Waals surface area contributed by atoms with Gasteiger partial charge in [-0.1, -0.05) is 11.6 Å². The van der Waals surface area contributed by atoms with Crippen LogP contribution in [0, 0.1) is 11.3 Å². The van der Waals surface area contributed by atoms with Crippen molar-refractivity contribution in [2.75, 3.05) is 5.73 Å². The van der Waals surface area contributed by atoms with Gasteiger partial charge in [0, 0.05) is 11.8 Å². The molecule has 0 radical (unpaired) electrons. The topological polar surface area (TPSA) is 103 Å². The zero-order valence-electron chi connectivity index (χ0n) is 7.76. The van der Waals surface area contributed by atoms with Gasteiger partial charge in [-0.15, -0.1) is 0 Å². The number of aromatic nitrogens is 1. The van der Waals surface area contributed by atoms with Gasteiger partial charge in [-0.25, -0.2) is 4.98 Å². The second-order valence-corrected chi connectivity index (χ2v) is 3.41. The number of hydrogen-bond acceptors (Lipinski definition) is 5. The minimum atomic E-state index is -1.23. The Hall–Kier alpha value is -1.35. The number of nitriles is 1. The van der Waals surface area contributed by atoms with Gasteiger partial charge in [0.25, 0.3) is 0 Å². The van der Waals surface area contributed by atoms with Crippen molar-refractivity contribution >= 4 is 17.4 Å². The van der Waals surface area contributed by atoms with Crippen molar-refractivity contribution in [2.45, 2.75) is 18.6 Å². The van der Waals surface area contributed by atoms with E-state index in [4.69, 9.17) is 22.6 Å². The number of halogens is 1. The van der Waals surface area contributed by atoms with Crippen LogP contribution in [0.15, 0.2) is 12.3 Å². The largest absolute Gasteiger partial charge is 0.389 e. The molecular formula is C9H10ClN3O2. The molecular weight excluding hydrogens is 218 g/mol. The van der Waals surface area contributed by atoms with Gasteiger partial charge < -0.3 is 15.9 Å². The number of nitrogens with zero attached hydrogens (tertiary/aromatic N) is 2. The van der Waals surface area contributed by atoms with Crippen LogP contribution in [0.25, 0.3) is 0 Å². The van der Waals surface area contributed by atoms with Crippen molar-refractivity contribution < 1.29 is 10.2 Å². The summed E-state index contributed by atoms with van der Waals surface area (Å²) in [7, 11) is 0. The first-order chi connectivity index (χ1) is 7.06. The SMILES string of the molecule is N#CCC(O)C(O)c1cnc(N)cc1Cl. The standard InChI is InChI=1S/C9H10ClN3O2/c10-6-3-8(12)13-4-5(6)9(15)7(14)1-2-11/h3-4,7,9,14-15H,1H2,(H2,12,13). The first kappa shape index (κ1) is 11.7. The maximum atomic E-state index is 9.63. The molecule has 0 spiro atoms.